The highest BCUT2D eigenvalue weighted by Crippen LogP contribution is 2.37. The van der Waals surface area contributed by atoms with E-state index in [0.717, 1.165) is 12.1 Å². The number of hydrogen-bond acceptors (Lipinski definition) is 5. The van der Waals surface area contributed by atoms with Crippen molar-refractivity contribution in [2.75, 3.05) is 13.2 Å². The second-order valence-corrected chi connectivity index (χ2v) is 5.96. The van der Waals surface area contributed by atoms with Gasteiger partial charge >= 0.3 is 6.18 Å². The van der Waals surface area contributed by atoms with E-state index in [-0.39, 0.29) is 17.9 Å². The molecule has 1 aliphatic heterocycles. The van der Waals surface area contributed by atoms with Crippen LogP contribution in [0.1, 0.15) is 29.7 Å². The van der Waals surface area contributed by atoms with Crippen LogP contribution in [0, 0.1) is 11.3 Å². The predicted octanol–water partition coefficient (Wildman–Crippen LogP) is 4.15. The topological polar surface area (TPSA) is 72.2 Å². The first-order valence-electron chi connectivity index (χ1n) is 8.41. The summed E-state index contributed by atoms with van der Waals surface area (Å²) in [5, 5.41) is 9.40. The van der Waals surface area contributed by atoms with Crippen LogP contribution in [-0.4, -0.2) is 24.0 Å². The van der Waals surface area contributed by atoms with E-state index in [1.807, 2.05) is 13.0 Å². The molecule has 1 aromatic carbocycles. The maximum Gasteiger partial charge on any atom is 0.417 e. The largest absolute Gasteiger partial charge is 0.490 e. The zero-order valence-corrected chi connectivity index (χ0v) is 14.8. The Kier molecular flexibility index (Phi) is 5.36. The Morgan fingerprint density at radius 3 is 2.75 bits per heavy atom. The lowest BCUT2D eigenvalue weighted by Gasteiger charge is -2.21. The van der Waals surface area contributed by atoms with Crippen LogP contribution in [0.25, 0.3) is 6.08 Å². The lowest BCUT2D eigenvalue weighted by molar-refractivity contribution is -0.137. The van der Waals surface area contributed by atoms with Crippen molar-refractivity contribution < 1.29 is 27.4 Å². The minimum Gasteiger partial charge on any atom is -0.490 e. The first-order valence-corrected chi connectivity index (χ1v) is 8.41. The molecule has 8 heteroatoms. The van der Waals surface area contributed by atoms with Crippen molar-refractivity contribution in [3.05, 3.63) is 58.9 Å². The number of rotatable bonds is 5. The second kappa shape index (κ2) is 7.72. The number of Topliss-reactive ketones (excluding diaryl/α,β-unsaturated/α-hetero) is 1. The summed E-state index contributed by atoms with van der Waals surface area (Å²) in [6, 6.07) is 8.89. The van der Waals surface area contributed by atoms with Crippen molar-refractivity contribution in [1.82, 2.24) is 4.98 Å². The number of ether oxygens (including phenoxy) is 2. The number of aromatic nitrogens is 1. The van der Waals surface area contributed by atoms with E-state index in [0.29, 0.717) is 29.9 Å². The van der Waals surface area contributed by atoms with Gasteiger partial charge in [0.15, 0.2) is 23.2 Å². The minimum atomic E-state index is -4.54. The highest BCUT2D eigenvalue weighted by atomic mass is 19.4. The number of halogens is 3. The molecule has 144 valence electrons. The van der Waals surface area contributed by atoms with Gasteiger partial charge < -0.3 is 9.47 Å². The van der Waals surface area contributed by atoms with Crippen LogP contribution in [-0.2, 0) is 11.0 Å². The Morgan fingerprint density at radius 2 is 2.14 bits per heavy atom. The molecular formula is C20H15F3N2O3. The summed E-state index contributed by atoms with van der Waals surface area (Å²) in [4.78, 5) is 16.4. The molecule has 0 amide bonds. The summed E-state index contributed by atoms with van der Waals surface area (Å²) in [5.41, 5.74) is -0.139. The number of fused-ring (bicyclic) bond motifs is 1. The fraction of sp³-hybridized carbons (Fsp3) is 0.250. The molecule has 1 atom stereocenters. The third-order valence-corrected chi connectivity index (χ3v) is 4.13. The van der Waals surface area contributed by atoms with E-state index < -0.39 is 23.4 Å². The maximum absolute atomic E-state index is 12.8. The van der Waals surface area contributed by atoms with Gasteiger partial charge in [-0.2, -0.15) is 18.4 Å². The monoisotopic (exact) mass is 388 g/mol. The first-order chi connectivity index (χ1) is 13.3. The Balaban J connectivity index is 1.88. The third kappa shape index (κ3) is 3.83. The average Bonchev–Trinajstić information content (AvgIpc) is 2.68. The molecule has 2 aromatic rings. The summed E-state index contributed by atoms with van der Waals surface area (Å²) in [7, 11) is 0. The van der Waals surface area contributed by atoms with Gasteiger partial charge in [-0.1, -0.05) is 12.1 Å². The summed E-state index contributed by atoms with van der Waals surface area (Å²) in [5.74, 6) is -0.845. The Morgan fingerprint density at radius 1 is 1.36 bits per heavy atom. The van der Waals surface area contributed by atoms with Crippen LogP contribution < -0.4 is 9.47 Å². The van der Waals surface area contributed by atoms with Crippen molar-refractivity contribution >= 4 is 11.9 Å². The van der Waals surface area contributed by atoms with Crippen molar-refractivity contribution in [3.63, 3.8) is 0 Å². The van der Waals surface area contributed by atoms with Crippen LogP contribution in [0.2, 0.25) is 0 Å². The van der Waals surface area contributed by atoms with Gasteiger partial charge in [0, 0.05) is 17.3 Å². The van der Waals surface area contributed by atoms with Crippen molar-refractivity contribution in [2.45, 2.75) is 19.0 Å². The fourth-order valence-electron chi connectivity index (χ4n) is 2.78. The van der Waals surface area contributed by atoms with Gasteiger partial charge in [0.05, 0.1) is 23.9 Å². The number of carbonyl (C=O) groups excluding carboxylic acids is 1. The lowest BCUT2D eigenvalue weighted by Crippen LogP contribution is -2.21. The molecule has 0 bridgehead atoms. The number of ketones is 1. The summed E-state index contributed by atoms with van der Waals surface area (Å²) < 4.78 is 49.1. The number of carbonyl (C=O) groups is 1. The molecule has 1 aliphatic rings. The Labute approximate surface area is 159 Å². The van der Waals surface area contributed by atoms with Gasteiger partial charge in [-0.05, 0) is 31.2 Å². The first kappa shape index (κ1) is 19.4. The zero-order chi connectivity index (χ0) is 20.3. The molecular weight excluding hydrogens is 373 g/mol. The molecule has 0 N–H and O–H groups in total. The van der Waals surface area contributed by atoms with E-state index in [9.17, 15) is 23.2 Å². The smallest absolute Gasteiger partial charge is 0.417 e. The maximum atomic E-state index is 12.8. The van der Waals surface area contributed by atoms with E-state index in [4.69, 9.17) is 9.47 Å². The number of hydrogen-bond donors (Lipinski definition) is 0. The van der Waals surface area contributed by atoms with Gasteiger partial charge in [-0.25, -0.2) is 0 Å². The number of nitriles is 1. The number of alkyl halides is 3. The van der Waals surface area contributed by atoms with Gasteiger partial charge in [0.1, 0.15) is 6.61 Å². The molecule has 5 nitrogen and oxygen atoms in total. The Bertz CT molecular complexity index is 960. The molecule has 3 rings (SSSR count). The number of benzene rings is 1. The molecule has 0 saturated carbocycles. The molecule has 1 unspecified atom stereocenters. The van der Waals surface area contributed by atoms with E-state index >= 15 is 0 Å². The molecule has 0 spiro atoms. The standard InChI is InChI=1S/C20H15F3N2O3/c1-2-27-17-5-3-4-12-8-13(11-28-19(12)17)18(26)15(9-24)16-7-6-14(10-25-16)20(21,22)23/h3-8,10,15H,2,11H2,1H3. The average molecular weight is 388 g/mol. The van der Waals surface area contributed by atoms with Crippen molar-refractivity contribution in [2.24, 2.45) is 0 Å². The van der Waals surface area contributed by atoms with Crippen LogP contribution in [0.3, 0.4) is 0 Å². The second-order valence-electron chi connectivity index (χ2n) is 5.96. The highest BCUT2D eigenvalue weighted by Gasteiger charge is 2.32. The molecule has 28 heavy (non-hydrogen) atoms. The number of nitrogens with zero attached hydrogens (tertiary/aromatic N) is 2. The van der Waals surface area contributed by atoms with Crippen LogP contribution in [0.15, 0.2) is 42.1 Å². The molecule has 1 aromatic heterocycles. The quantitative estimate of drug-likeness (QED) is 0.769. The predicted molar refractivity (Wildman–Crippen MR) is 93.7 cm³/mol. The normalized spacial score (nSPS) is 14.2. The third-order valence-electron chi connectivity index (χ3n) is 4.13. The van der Waals surface area contributed by atoms with Crippen LogP contribution in [0.4, 0.5) is 13.2 Å². The van der Waals surface area contributed by atoms with E-state index in [2.05, 4.69) is 4.98 Å². The summed E-state index contributed by atoms with van der Waals surface area (Å²) >= 11 is 0. The fourth-order valence-corrected chi connectivity index (χ4v) is 2.78. The molecule has 0 fully saturated rings. The number of pyridine rings is 1. The van der Waals surface area contributed by atoms with Crippen LogP contribution in [0.5, 0.6) is 11.5 Å². The van der Waals surface area contributed by atoms with Gasteiger partial charge in [0.25, 0.3) is 0 Å². The highest BCUT2D eigenvalue weighted by molar-refractivity contribution is 6.06. The van der Waals surface area contributed by atoms with Gasteiger partial charge in [0.2, 0.25) is 0 Å². The van der Waals surface area contributed by atoms with Crippen molar-refractivity contribution in [3.8, 4) is 17.6 Å². The molecule has 0 radical (unpaired) electrons. The minimum absolute atomic E-state index is 0.0461. The number of para-hydroxylation sites is 1. The zero-order valence-electron chi connectivity index (χ0n) is 14.8. The lowest BCUT2D eigenvalue weighted by atomic mass is 9.93. The van der Waals surface area contributed by atoms with Gasteiger partial charge in [-0.15, -0.1) is 0 Å². The summed E-state index contributed by atoms with van der Waals surface area (Å²) in [6.45, 7) is 2.21. The van der Waals surface area contributed by atoms with Crippen LogP contribution >= 0.6 is 0 Å². The van der Waals surface area contributed by atoms with Crippen molar-refractivity contribution in [1.29, 1.82) is 5.26 Å². The summed E-state index contributed by atoms with van der Waals surface area (Å²) in [6.07, 6.45) is -2.33. The molecule has 2 heterocycles. The van der Waals surface area contributed by atoms with Gasteiger partial charge in [-0.3, -0.25) is 9.78 Å². The SMILES string of the molecule is CCOc1cccc2c1OCC(C(=O)C(C#N)c1ccc(C(F)(F)F)cn1)=C2. The molecule has 0 saturated heterocycles. The Hall–Kier alpha value is -3.34. The van der Waals surface area contributed by atoms with E-state index in [1.165, 1.54) is 0 Å². The molecule has 0 aliphatic carbocycles. The van der Waals surface area contributed by atoms with E-state index in [1.54, 1.807) is 24.3 Å².